The molecule has 0 fully saturated rings. The highest BCUT2D eigenvalue weighted by Gasteiger charge is 2.35. The number of hydrogen-bond acceptors (Lipinski definition) is 3. The van der Waals surface area contributed by atoms with Gasteiger partial charge in [0, 0.05) is 0 Å². The molecule has 0 amide bonds. The number of halogens is 3. The summed E-state index contributed by atoms with van der Waals surface area (Å²) in [5, 5.41) is 9.52. The average Bonchev–Trinajstić information content (AvgIpc) is 2.12. The first kappa shape index (κ1) is 15.2. The predicted molar refractivity (Wildman–Crippen MR) is 51.4 cm³/mol. The van der Waals surface area contributed by atoms with Crippen LogP contribution in [0.3, 0.4) is 0 Å². The fourth-order valence-corrected chi connectivity index (χ4v) is 1.28. The second-order valence-electron chi connectivity index (χ2n) is 3.94. The monoisotopic (exact) mass is 242 g/mol. The summed E-state index contributed by atoms with van der Waals surface area (Å²) in [6.07, 6.45) is -5.93. The predicted octanol–water partition coefficient (Wildman–Crippen LogP) is 2.48. The third-order valence-corrected chi connectivity index (χ3v) is 2.75. The standard InChI is InChI=1S/C10H17F3O3/c1-4-6(2)7(3)8(14)5-9(15)16-10(11,12)13/h6-8,14H,4-5H2,1-3H3/t6-,7+,8-/m0/s1. The van der Waals surface area contributed by atoms with Gasteiger partial charge in [0.25, 0.3) is 0 Å². The summed E-state index contributed by atoms with van der Waals surface area (Å²) in [4.78, 5) is 10.8. The van der Waals surface area contributed by atoms with Gasteiger partial charge in [-0.1, -0.05) is 27.2 Å². The van der Waals surface area contributed by atoms with Crippen LogP contribution in [0.2, 0.25) is 0 Å². The van der Waals surface area contributed by atoms with Crippen molar-refractivity contribution < 1.29 is 27.8 Å². The van der Waals surface area contributed by atoms with E-state index < -0.39 is 24.9 Å². The van der Waals surface area contributed by atoms with E-state index in [4.69, 9.17) is 0 Å². The molecule has 16 heavy (non-hydrogen) atoms. The van der Waals surface area contributed by atoms with E-state index >= 15 is 0 Å². The third-order valence-electron chi connectivity index (χ3n) is 2.75. The molecular formula is C10H17F3O3. The van der Waals surface area contributed by atoms with Gasteiger partial charge in [-0.15, -0.1) is 13.2 Å². The van der Waals surface area contributed by atoms with Gasteiger partial charge in [-0.25, -0.2) is 0 Å². The van der Waals surface area contributed by atoms with E-state index in [0.717, 1.165) is 6.42 Å². The molecule has 0 saturated heterocycles. The van der Waals surface area contributed by atoms with Gasteiger partial charge in [-0.2, -0.15) is 0 Å². The van der Waals surface area contributed by atoms with Crippen LogP contribution in [0, 0.1) is 11.8 Å². The molecule has 0 spiro atoms. The third kappa shape index (κ3) is 5.95. The zero-order valence-electron chi connectivity index (χ0n) is 9.54. The Morgan fingerprint density at radius 1 is 1.38 bits per heavy atom. The van der Waals surface area contributed by atoms with E-state index in [-0.39, 0.29) is 11.8 Å². The van der Waals surface area contributed by atoms with Crippen molar-refractivity contribution in [1.82, 2.24) is 0 Å². The molecule has 0 unspecified atom stereocenters. The molecule has 0 aromatic rings. The number of esters is 1. The highest BCUT2D eigenvalue weighted by Crippen LogP contribution is 2.22. The zero-order chi connectivity index (χ0) is 12.9. The number of aliphatic hydroxyl groups is 1. The normalized spacial score (nSPS) is 17.7. The van der Waals surface area contributed by atoms with E-state index in [2.05, 4.69) is 4.74 Å². The molecule has 0 radical (unpaired) electrons. The maximum atomic E-state index is 11.7. The first-order valence-electron chi connectivity index (χ1n) is 5.14. The molecule has 0 aromatic carbocycles. The molecule has 0 aliphatic rings. The molecule has 6 heteroatoms. The zero-order valence-corrected chi connectivity index (χ0v) is 9.54. The molecule has 3 nitrogen and oxygen atoms in total. The highest BCUT2D eigenvalue weighted by atomic mass is 19.4. The van der Waals surface area contributed by atoms with E-state index in [1.54, 1.807) is 6.92 Å². The lowest BCUT2D eigenvalue weighted by atomic mass is 9.87. The van der Waals surface area contributed by atoms with E-state index in [1.807, 2.05) is 13.8 Å². The summed E-state index contributed by atoms with van der Waals surface area (Å²) in [7, 11) is 0. The number of alkyl halides is 3. The molecule has 0 aliphatic carbocycles. The maximum absolute atomic E-state index is 11.7. The minimum atomic E-state index is -4.98. The molecule has 3 atom stereocenters. The van der Waals surface area contributed by atoms with Gasteiger partial charge in [0.1, 0.15) is 0 Å². The molecule has 0 saturated carbocycles. The summed E-state index contributed by atoms with van der Waals surface area (Å²) >= 11 is 0. The van der Waals surface area contributed by atoms with Crippen LogP contribution in [-0.4, -0.2) is 23.5 Å². The molecule has 0 aromatic heterocycles. The minimum absolute atomic E-state index is 0.133. The first-order valence-corrected chi connectivity index (χ1v) is 5.14. The Hall–Kier alpha value is -0.780. The fraction of sp³-hybridized carbons (Fsp3) is 0.900. The van der Waals surface area contributed by atoms with Gasteiger partial charge in [0.05, 0.1) is 12.5 Å². The van der Waals surface area contributed by atoms with E-state index in [0.29, 0.717) is 0 Å². The van der Waals surface area contributed by atoms with Gasteiger partial charge >= 0.3 is 12.3 Å². The Morgan fingerprint density at radius 2 is 1.88 bits per heavy atom. The van der Waals surface area contributed by atoms with Crippen LogP contribution in [0.25, 0.3) is 0 Å². The van der Waals surface area contributed by atoms with Crippen LogP contribution in [-0.2, 0) is 9.53 Å². The molecule has 96 valence electrons. The first-order chi connectivity index (χ1) is 7.17. The fourth-order valence-electron chi connectivity index (χ4n) is 1.28. The Morgan fingerprint density at radius 3 is 2.25 bits per heavy atom. The van der Waals surface area contributed by atoms with Crippen molar-refractivity contribution in [1.29, 1.82) is 0 Å². The molecule has 0 aliphatic heterocycles. The second kappa shape index (κ2) is 6.08. The van der Waals surface area contributed by atoms with Gasteiger partial charge in [-0.3, -0.25) is 4.79 Å². The lowest BCUT2D eigenvalue weighted by Gasteiger charge is -2.23. The van der Waals surface area contributed by atoms with Crippen molar-refractivity contribution in [3.8, 4) is 0 Å². The van der Waals surface area contributed by atoms with Crippen molar-refractivity contribution in [2.24, 2.45) is 11.8 Å². The molecule has 1 N–H and O–H groups in total. The van der Waals surface area contributed by atoms with E-state index in [1.165, 1.54) is 0 Å². The quantitative estimate of drug-likeness (QED) is 0.753. The number of ether oxygens (including phenoxy) is 1. The van der Waals surface area contributed by atoms with Crippen LogP contribution >= 0.6 is 0 Å². The maximum Gasteiger partial charge on any atom is 0.575 e. The molecular weight excluding hydrogens is 225 g/mol. The second-order valence-corrected chi connectivity index (χ2v) is 3.94. The van der Waals surface area contributed by atoms with Crippen molar-refractivity contribution in [2.45, 2.75) is 46.1 Å². The number of rotatable bonds is 5. The number of carbonyl (C=O) groups excluding carboxylic acids is 1. The minimum Gasteiger partial charge on any atom is -0.392 e. The SMILES string of the molecule is CC[C@H](C)[C@@H](C)[C@@H](O)CC(=O)OC(F)(F)F. The smallest absolute Gasteiger partial charge is 0.392 e. The van der Waals surface area contributed by atoms with Gasteiger partial charge in [-0.05, 0) is 11.8 Å². The van der Waals surface area contributed by atoms with Gasteiger partial charge < -0.3 is 9.84 Å². The topological polar surface area (TPSA) is 46.5 Å². The van der Waals surface area contributed by atoms with Crippen LogP contribution in [0.15, 0.2) is 0 Å². The van der Waals surface area contributed by atoms with E-state index in [9.17, 15) is 23.1 Å². The summed E-state index contributed by atoms with van der Waals surface area (Å²) in [6, 6.07) is 0. The van der Waals surface area contributed by atoms with Crippen LogP contribution < -0.4 is 0 Å². The number of hydrogen-bond donors (Lipinski definition) is 1. The Kier molecular flexibility index (Phi) is 5.78. The average molecular weight is 242 g/mol. The lowest BCUT2D eigenvalue weighted by Crippen LogP contribution is -2.29. The molecule has 0 bridgehead atoms. The summed E-state index contributed by atoms with van der Waals surface area (Å²) in [5.74, 6) is -1.56. The number of carbonyl (C=O) groups is 1. The number of aliphatic hydroxyl groups excluding tert-OH is 1. The Balaban J connectivity index is 4.14. The largest absolute Gasteiger partial charge is 0.575 e. The lowest BCUT2D eigenvalue weighted by molar-refractivity contribution is -0.306. The Labute approximate surface area is 92.6 Å². The van der Waals surface area contributed by atoms with Crippen molar-refractivity contribution in [2.75, 3.05) is 0 Å². The van der Waals surface area contributed by atoms with Gasteiger partial charge in [0.2, 0.25) is 0 Å². The summed E-state index contributed by atoms with van der Waals surface area (Å²) < 4.78 is 38.1. The Bertz CT molecular complexity index is 228. The molecule has 0 rings (SSSR count). The van der Waals surface area contributed by atoms with Crippen LogP contribution in [0.1, 0.15) is 33.6 Å². The van der Waals surface area contributed by atoms with Gasteiger partial charge in [0.15, 0.2) is 0 Å². The van der Waals surface area contributed by atoms with Crippen LogP contribution in [0.5, 0.6) is 0 Å². The van der Waals surface area contributed by atoms with Crippen molar-refractivity contribution in [3.63, 3.8) is 0 Å². The summed E-state index contributed by atoms with van der Waals surface area (Å²) in [5.41, 5.74) is 0. The summed E-state index contributed by atoms with van der Waals surface area (Å²) in [6.45, 7) is 5.46. The van der Waals surface area contributed by atoms with Crippen LogP contribution in [0.4, 0.5) is 13.2 Å². The van der Waals surface area contributed by atoms with Crippen molar-refractivity contribution >= 4 is 5.97 Å². The highest BCUT2D eigenvalue weighted by molar-refractivity contribution is 5.70. The molecule has 0 heterocycles. The van der Waals surface area contributed by atoms with Crippen molar-refractivity contribution in [3.05, 3.63) is 0 Å².